The third-order valence-corrected chi connectivity index (χ3v) is 5.01. The number of nitrogens with zero attached hydrogens (tertiary/aromatic N) is 1. The van der Waals surface area contributed by atoms with Crippen molar-refractivity contribution in [2.75, 3.05) is 6.54 Å². The molecule has 3 rings (SSSR count). The Bertz CT molecular complexity index is 1030. The molecule has 0 saturated carbocycles. The van der Waals surface area contributed by atoms with Crippen molar-refractivity contribution in [3.63, 3.8) is 0 Å². The van der Waals surface area contributed by atoms with E-state index in [1.165, 1.54) is 6.08 Å². The van der Waals surface area contributed by atoms with E-state index >= 15 is 0 Å². The Morgan fingerprint density at radius 2 is 2.17 bits per heavy atom. The lowest BCUT2D eigenvalue weighted by Crippen LogP contribution is -2.25. The minimum atomic E-state index is -4.55. The maximum Gasteiger partial charge on any atom is 0.417 e. The van der Waals surface area contributed by atoms with E-state index in [1.807, 2.05) is 13.0 Å². The van der Waals surface area contributed by atoms with Crippen molar-refractivity contribution in [3.8, 4) is 5.75 Å². The molecular weight excluding hydrogens is 395 g/mol. The third kappa shape index (κ3) is 4.82. The average molecular weight is 417 g/mol. The van der Waals surface area contributed by atoms with Gasteiger partial charge in [-0.2, -0.15) is 13.2 Å². The number of halogens is 3. The zero-order chi connectivity index (χ0) is 21.9. The Kier molecular flexibility index (Phi) is 6.14. The minimum Gasteiger partial charge on any atom is -0.490 e. The predicted octanol–water partition coefficient (Wildman–Crippen LogP) is 4.11. The fourth-order valence-corrected chi connectivity index (χ4v) is 3.22. The largest absolute Gasteiger partial charge is 0.490 e. The summed E-state index contributed by atoms with van der Waals surface area (Å²) in [5.41, 5.74) is 5.66. The molecule has 1 aromatic heterocycles. The van der Waals surface area contributed by atoms with Crippen LogP contribution in [-0.4, -0.2) is 29.7 Å². The van der Waals surface area contributed by atoms with Gasteiger partial charge in [-0.3, -0.25) is 9.78 Å². The molecule has 30 heavy (non-hydrogen) atoms. The summed E-state index contributed by atoms with van der Waals surface area (Å²) in [6, 6.07) is 7.08. The molecule has 5 nitrogen and oxygen atoms in total. The van der Waals surface area contributed by atoms with E-state index in [0.29, 0.717) is 41.6 Å². The summed E-state index contributed by atoms with van der Waals surface area (Å²) in [6.45, 7) is 6.29. The fourth-order valence-electron chi connectivity index (χ4n) is 3.22. The van der Waals surface area contributed by atoms with Crippen LogP contribution in [0, 0.1) is 5.92 Å². The van der Waals surface area contributed by atoms with Gasteiger partial charge in [0, 0.05) is 36.7 Å². The van der Waals surface area contributed by atoms with Crippen LogP contribution >= 0.6 is 0 Å². The van der Waals surface area contributed by atoms with Gasteiger partial charge in [0.05, 0.1) is 11.1 Å². The molecule has 1 aliphatic heterocycles. The number of aromatic nitrogens is 1. The highest BCUT2D eigenvalue weighted by atomic mass is 19.4. The van der Waals surface area contributed by atoms with Crippen molar-refractivity contribution in [2.24, 2.45) is 11.7 Å². The topological polar surface area (TPSA) is 77.2 Å². The maximum absolute atomic E-state index is 12.9. The smallest absolute Gasteiger partial charge is 0.417 e. The van der Waals surface area contributed by atoms with E-state index in [4.69, 9.17) is 10.5 Å². The molecule has 1 saturated heterocycles. The Hall–Kier alpha value is -3.29. The number of hydrogen-bond donors (Lipinski definition) is 2. The number of alkyl halides is 3. The zero-order valence-electron chi connectivity index (χ0n) is 16.4. The van der Waals surface area contributed by atoms with Crippen LogP contribution in [0.4, 0.5) is 13.2 Å². The van der Waals surface area contributed by atoms with Crippen LogP contribution in [0.5, 0.6) is 5.75 Å². The lowest BCUT2D eigenvalue weighted by atomic mass is 10.0. The van der Waals surface area contributed by atoms with Gasteiger partial charge in [0.1, 0.15) is 11.9 Å². The number of allylic oxidation sites excluding steroid dienone is 4. The number of pyridine rings is 1. The number of amides is 1. The van der Waals surface area contributed by atoms with E-state index in [9.17, 15) is 18.0 Å². The highest BCUT2D eigenvalue weighted by Crippen LogP contribution is 2.32. The SMILES string of the molecule is C=C(/C=C\C(=C/N)C(F)(F)F)c1cc(O[C@H](C)[C@H]2CNC(=O)C2)c2cccnc2c1. The van der Waals surface area contributed by atoms with Crippen LogP contribution in [0.3, 0.4) is 0 Å². The first kappa shape index (κ1) is 21.4. The molecule has 2 heterocycles. The van der Waals surface area contributed by atoms with Crippen molar-refractivity contribution in [1.82, 2.24) is 10.3 Å². The number of nitrogens with one attached hydrogen (secondary N) is 1. The average Bonchev–Trinajstić information content (AvgIpc) is 3.13. The Morgan fingerprint density at radius 1 is 1.40 bits per heavy atom. The molecule has 0 unspecified atom stereocenters. The van der Waals surface area contributed by atoms with Gasteiger partial charge in [-0.25, -0.2) is 0 Å². The van der Waals surface area contributed by atoms with Crippen molar-refractivity contribution in [1.29, 1.82) is 0 Å². The molecule has 0 bridgehead atoms. The lowest BCUT2D eigenvalue weighted by Gasteiger charge is -2.21. The van der Waals surface area contributed by atoms with Crippen LogP contribution in [0.25, 0.3) is 16.5 Å². The number of fused-ring (bicyclic) bond motifs is 1. The fraction of sp³-hybridized carbons (Fsp3) is 0.273. The number of benzene rings is 1. The monoisotopic (exact) mass is 417 g/mol. The summed E-state index contributed by atoms with van der Waals surface area (Å²) < 4.78 is 44.8. The first-order valence-electron chi connectivity index (χ1n) is 9.37. The van der Waals surface area contributed by atoms with Crippen molar-refractivity contribution < 1.29 is 22.7 Å². The number of carbonyl (C=O) groups is 1. The molecule has 158 valence electrons. The highest BCUT2D eigenvalue weighted by molar-refractivity contribution is 5.90. The predicted molar refractivity (Wildman–Crippen MR) is 109 cm³/mol. The van der Waals surface area contributed by atoms with Crippen LogP contribution in [0.15, 0.2) is 61.0 Å². The number of carbonyl (C=O) groups excluding carboxylic acids is 1. The third-order valence-electron chi connectivity index (χ3n) is 5.01. The number of rotatable bonds is 6. The van der Waals surface area contributed by atoms with Crippen LogP contribution < -0.4 is 15.8 Å². The summed E-state index contributed by atoms with van der Waals surface area (Å²) >= 11 is 0. The van der Waals surface area contributed by atoms with Gasteiger partial charge in [0.15, 0.2) is 0 Å². The molecule has 0 aliphatic carbocycles. The van der Waals surface area contributed by atoms with E-state index in [0.717, 1.165) is 11.5 Å². The normalized spacial score (nSPS) is 18.6. The molecule has 0 spiro atoms. The molecule has 1 aromatic carbocycles. The number of ether oxygens (including phenoxy) is 1. The number of nitrogens with two attached hydrogens (primary N) is 1. The first-order valence-corrected chi connectivity index (χ1v) is 9.37. The van der Waals surface area contributed by atoms with Gasteiger partial charge in [-0.15, -0.1) is 0 Å². The second-order valence-electron chi connectivity index (χ2n) is 7.11. The summed E-state index contributed by atoms with van der Waals surface area (Å²) in [6.07, 6.45) is -0.142. The Balaban J connectivity index is 1.91. The molecule has 1 fully saturated rings. The highest BCUT2D eigenvalue weighted by Gasteiger charge is 2.31. The standard InChI is InChI=1S/C22H22F3N3O2/c1-13(5-6-17(11-26)22(23,24)25)15-8-19-18(4-3-7-27-19)20(9-15)30-14(2)16-10-21(29)28-12-16/h3-9,11,14,16H,1,10,12,26H2,2H3,(H,28,29)/b6-5-,17-11+/t14-,16-/m1/s1. The molecular formula is C22H22F3N3O2. The summed E-state index contributed by atoms with van der Waals surface area (Å²) in [4.78, 5) is 15.8. The maximum atomic E-state index is 12.9. The molecule has 2 aromatic rings. The first-order chi connectivity index (χ1) is 14.2. The molecule has 2 atom stereocenters. The molecule has 3 N–H and O–H groups in total. The molecule has 1 aliphatic rings. The second kappa shape index (κ2) is 8.61. The Morgan fingerprint density at radius 3 is 2.80 bits per heavy atom. The zero-order valence-corrected chi connectivity index (χ0v) is 16.4. The summed E-state index contributed by atoms with van der Waals surface area (Å²) in [5.74, 6) is 0.546. The van der Waals surface area contributed by atoms with Gasteiger partial charge in [0.2, 0.25) is 5.91 Å². The van der Waals surface area contributed by atoms with Crippen LogP contribution in [-0.2, 0) is 4.79 Å². The van der Waals surface area contributed by atoms with Gasteiger partial charge in [-0.1, -0.05) is 12.7 Å². The number of hydrogen-bond acceptors (Lipinski definition) is 4. The second-order valence-corrected chi connectivity index (χ2v) is 7.11. The van der Waals surface area contributed by atoms with Crippen molar-refractivity contribution in [2.45, 2.75) is 25.6 Å². The quantitative estimate of drug-likeness (QED) is 0.694. The molecule has 8 heteroatoms. The van der Waals surface area contributed by atoms with Crippen molar-refractivity contribution >= 4 is 22.4 Å². The van der Waals surface area contributed by atoms with Crippen LogP contribution in [0.1, 0.15) is 18.9 Å². The van der Waals surface area contributed by atoms with Crippen LogP contribution in [0.2, 0.25) is 0 Å². The van der Waals surface area contributed by atoms with Gasteiger partial charge in [0.25, 0.3) is 0 Å². The van der Waals surface area contributed by atoms with E-state index in [2.05, 4.69) is 16.9 Å². The lowest BCUT2D eigenvalue weighted by molar-refractivity contribution is -0.119. The van der Waals surface area contributed by atoms with Crippen molar-refractivity contribution in [3.05, 3.63) is 66.5 Å². The van der Waals surface area contributed by atoms with Gasteiger partial charge >= 0.3 is 6.18 Å². The summed E-state index contributed by atoms with van der Waals surface area (Å²) in [7, 11) is 0. The molecule has 0 radical (unpaired) electrons. The summed E-state index contributed by atoms with van der Waals surface area (Å²) in [5, 5.41) is 3.55. The van der Waals surface area contributed by atoms with Gasteiger partial charge in [-0.05, 0) is 48.4 Å². The van der Waals surface area contributed by atoms with E-state index in [-0.39, 0.29) is 17.9 Å². The van der Waals surface area contributed by atoms with E-state index in [1.54, 1.807) is 24.4 Å². The Labute approximate surface area is 172 Å². The van der Waals surface area contributed by atoms with Gasteiger partial charge < -0.3 is 15.8 Å². The minimum absolute atomic E-state index is 0.0114. The van der Waals surface area contributed by atoms with E-state index < -0.39 is 11.7 Å². The molecule has 1 amide bonds.